The molecular weight excluding hydrogens is 512 g/mol. The van der Waals surface area contributed by atoms with Crippen molar-refractivity contribution in [2.45, 2.75) is 19.1 Å². The second kappa shape index (κ2) is 11.8. The maximum Gasteiger partial charge on any atom is 0.490 e. The number of benzene rings is 1. The van der Waals surface area contributed by atoms with Crippen LogP contribution in [0.3, 0.4) is 0 Å². The second-order valence-corrected chi connectivity index (χ2v) is 7.57. The van der Waals surface area contributed by atoms with Crippen molar-refractivity contribution >= 4 is 11.9 Å². The van der Waals surface area contributed by atoms with Crippen molar-refractivity contribution < 1.29 is 32.3 Å². The Morgan fingerprint density at radius 1 is 1.00 bits per heavy atom. The molecule has 1 atom stereocenters. The van der Waals surface area contributed by atoms with Crippen LogP contribution in [0.2, 0.25) is 0 Å². The Labute approximate surface area is 211 Å². The van der Waals surface area contributed by atoms with E-state index >= 15 is 0 Å². The summed E-state index contributed by atoms with van der Waals surface area (Å²) in [4.78, 5) is 44.1. The van der Waals surface area contributed by atoms with Crippen molar-refractivity contribution in [1.82, 2.24) is 30.5 Å². The molecule has 0 saturated heterocycles. The number of aromatic nitrogens is 5. The van der Waals surface area contributed by atoms with E-state index in [1.807, 2.05) is 31.2 Å². The molecule has 14 heteroatoms. The van der Waals surface area contributed by atoms with Crippen LogP contribution < -0.4 is 10.9 Å². The fraction of sp³-hybridized carbons (Fsp3) is 0.125. The van der Waals surface area contributed by atoms with E-state index in [4.69, 9.17) is 9.90 Å². The first kappa shape index (κ1) is 27.6. The summed E-state index contributed by atoms with van der Waals surface area (Å²) in [5.74, 6) is -3.61. The quantitative estimate of drug-likeness (QED) is 0.262. The molecule has 0 fully saturated rings. The lowest BCUT2D eigenvalue weighted by molar-refractivity contribution is -0.192. The van der Waals surface area contributed by atoms with Crippen LogP contribution in [0, 0.1) is 5.95 Å². The molecule has 1 aromatic carbocycles. The molecule has 3 heterocycles. The van der Waals surface area contributed by atoms with Gasteiger partial charge in [0.25, 0.3) is 11.5 Å². The minimum Gasteiger partial charge on any atom is -0.475 e. The summed E-state index contributed by atoms with van der Waals surface area (Å²) in [6.07, 6.45) is -0.900. The molecule has 3 N–H and O–H groups in total. The van der Waals surface area contributed by atoms with Gasteiger partial charge < -0.3 is 15.4 Å². The molecule has 0 unspecified atom stereocenters. The van der Waals surface area contributed by atoms with Gasteiger partial charge >= 0.3 is 12.1 Å². The summed E-state index contributed by atoms with van der Waals surface area (Å²) in [5, 5.41) is 17.5. The number of pyridine rings is 1. The third-order valence-electron chi connectivity index (χ3n) is 4.92. The highest BCUT2D eigenvalue weighted by molar-refractivity contribution is 5.93. The van der Waals surface area contributed by atoms with Crippen LogP contribution >= 0.6 is 0 Å². The minimum absolute atomic E-state index is 0.103. The van der Waals surface area contributed by atoms with Gasteiger partial charge in [-0.3, -0.25) is 9.59 Å². The summed E-state index contributed by atoms with van der Waals surface area (Å²) in [5.41, 5.74) is 2.22. The molecule has 1 amide bonds. The molecule has 4 aromatic rings. The van der Waals surface area contributed by atoms with Crippen LogP contribution in [0.4, 0.5) is 17.6 Å². The lowest BCUT2D eigenvalue weighted by Crippen LogP contribution is -2.32. The maximum absolute atomic E-state index is 13.0. The molecule has 0 aliphatic heterocycles. The number of rotatable bonds is 5. The second-order valence-electron chi connectivity index (χ2n) is 7.57. The molecule has 3 aromatic heterocycles. The molecule has 0 aliphatic carbocycles. The molecule has 0 aliphatic rings. The van der Waals surface area contributed by atoms with Crippen molar-refractivity contribution in [2.24, 2.45) is 0 Å². The Bertz CT molecular complexity index is 1460. The largest absolute Gasteiger partial charge is 0.490 e. The number of carboxylic acids is 1. The van der Waals surface area contributed by atoms with E-state index in [0.717, 1.165) is 16.7 Å². The van der Waals surface area contributed by atoms with E-state index in [0.29, 0.717) is 5.69 Å². The van der Waals surface area contributed by atoms with Crippen molar-refractivity contribution in [3.8, 4) is 22.6 Å². The SMILES string of the molecule is C[C@H](NC(=O)c1cnc(-c2cccnn2)[nH]c1=O)c1ccc(-c2ccc(F)nc2)cc1.O=C(O)C(F)(F)F. The van der Waals surface area contributed by atoms with Crippen LogP contribution in [0.1, 0.15) is 28.9 Å². The van der Waals surface area contributed by atoms with Gasteiger partial charge in [-0.2, -0.15) is 22.7 Å². The molecule has 4 rings (SSSR count). The number of nitrogens with zero attached hydrogens (tertiary/aromatic N) is 4. The number of H-pyrrole nitrogens is 1. The Kier molecular flexibility index (Phi) is 8.57. The van der Waals surface area contributed by atoms with Gasteiger partial charge in [-0.05, 0) is 42.3 Å². The van der Waals surface area contributed by atoms with E-state index in [1.165, 1.54) is 24.7 Å². The third-order valence-corrected chi connectivity index (χ3v) is 4.92. The number of alkyl halides is 3. The van der Waals surface area contributed by atoms with Crippen LogP contribution in [-0.2, 0) is 4.79 Å². The zero-order valence-corrected chi connectivity index (χ0v) is 19.4. The monoisotopic (exact) mass is 530 g/mol. The summed E-state index contributed by atoms with van der Waals surface area (Å²) in [6.45, 7) is 1.81. The van der Waals surface area contributed by atoms with E-state index in [9.17, 15) is 27.2 Å². The Balaban J connectivity index is 0.000000505. The van der Waals surface area contributed by atoms with Crippen molar-refractivity contribution in [2.75, 3.05) is 0 Å². The lowest BCUT2D eigenvalue weighted by atomic mass is 10.0. The van der Waals surface area contributed by atoms with Gasteiger partial charge in [-0.15, -0.1) is 5.10 Å². The normalized spacial score (nSPS) is 11.6. The summed E-state index contributed by atoms with van der Waals surface area (Å²) in [7, 11) is 0. The Morgan fingerprint density at radius 3 is 2.18 bits per heavy atom. The summed E-state index contributed by atoms with van der Waals surface area (Å²) < 4.78 is 44.7. The van der Waals surface area contributed by atoms with Crippen LogP contribution in [0.25, 0.3) is 22.6 Å². The predicted octanol–water partition coefficient (Wildman–Crippen LogP) is 3.55. The Hall–Kier alpha value is -5.01. The lowest BCUT2D eigenvalue weighted by Gasteiger charge is -2.15. The van der Waals surface area contributed by atoms with E-state index < -0.39 is 29.6 Å². The number of aromatic amines is 1. The number of carbonyl (C=O) groups is 2. The molecule has 10 nitrogen and oxygen atoms in total. The number of carboxylic acid groups (broad SMARTS) is 1. The van der Waals surface area contributed by atoms with Crippen LogP contribution in [0.15, 0.2) is 71.9 Å². The fourth-order valence-corrected chi connectivity index (χ4v) is 2.98. The topological polar surface area (TPSA) is 151 Å². The highest BCUT2D eigenvalue weighted by atomic mass is 19.4. The zero-order valence-electron chi connectivity index (χ0n) is 19.4. The average Bonchev–Trinajstić information content (AvgIpc) is 2.89. The fourth-order valence-electron chi connectivity index (χ4n) is 2.98. The van der Waals surface area contributed by atoms with Gasteiger partial charge in [0.1, 0.15) is 11.3 Å². The van der Waals surface area contributed by atoms with E-state index in [-0.39, 0.29) is 17.4 Å². The number of halogens is 4. The van der Waals surface area contributed by atoms with Gasteiger partial charge in [0.2, 0.25) is 5.95 Å². The number of hydrogen-bond acceptors (Lipinski definition) is 7. The summed E-state index contributed by atoms with van der Waals surface area (Å²) in [6, 6.07) is 13.3. The standard InChI is InChI=1S/C22H17FN6O2.C2HF3O2/c1-13(14-4-6-15(7-5-14)16-8-9-19(23)24-11-16)27-21(30)17-12-25-20(28-22(17)31)18-3-2-10-26-29-18;3-2(4,5)1(6)7/h2-13H,1H3,(H,27,30)(H,25,28,31);(H,6,7)/t13-;/m0./s1. The molecular formula is C24H18F4N6O4. The average molecular weight is 530 g/mol. The van der Waals surface area contributed by atoms with Gasteiger partial charge in [-0.1, -0.05) is 24.3 Å². The molecule has 0 bridgehead atoms. The summed E-state index contributed by atoms with van der Waals surface area (Å²) >= 11 is 0. The first-order valence-corrected chi connectivity index (χ1v) is 10.7. The smallest absolute Gasteiger partial charge is 0.475 e. The van der Waals surface area contributed by atoms with Crippen molar-refractivity contribution in [3.63, 3.8) is 0 Å². The first-order chi connectivity index (χ1) is 18.0. The van der Waals surface area contributed by atoms with E-state index in [1.54, 1.807) is 18.2 Å². The molecule has 0 spiro atoms. The maximum atomic E-state index is 13.0. The highest BCUT2D eigenvalue weighted by Gasteiger charge is 2.38. The van der Waals surface area contributed by atoms with Crippen molar-refractivity contribution in [3.05, 3.63) is 94.5 Å². The first-order valence-electron chi connectivity index (χ1n) is 10.7. The van der Waals surface area contributed by atoms with Gasteiger partial charge in [0.05, 0.1) is 6.04 Å². The third kappa shape index (κ3) is 7.25. The molecule has 38 heavy (non-hydrogen) atoms. The zero-order chi connectivity index (χ0) is 27.9. The number of carbonyl (C=O) groups excluding carboxylic acids is 1. The molecule has 196 valence electrons. The number of amides is 1. The van der Waals surface area contributed by atoms with Gasteiger partial charge in [0, 0.05) is 24.2 Å². The highest BCUT2D eigenvalue weighted by Crippen LogP contribution is 2.22. The van der Waals surface area contributed by atoms with E-state index in [2.05, 4.69) is 30.5 Å². The predicted molar refractivity (Wildman–Crippen MR) is 125 cm³/mol. The molecule has 0 saturated carbocycles. The van der Waals surface area contributed by atoms with Crippen molar-refractivity contribution in [1.29, 1.82) is 0 Å². The van der Waals surface area contributed by atoms with Gasteiger partial charge in [-0.25, -0.2) is 14.8 Å². The van der Waals surface area contributed by atoms with Crippen LogP contribution in [0.5, 0.6) is 0 Å². The number of aliphatic carboxylic acids is 1. The number of nitrogens with one attached hydrogen (secondary N) is 2. The Morgan fingerprint density at radius 2 is 1.66 bits per heavy atom. The number of hydrogen-bond donors (Lipinski definition) is 3. The van der Waals surface area contributed by atoms with Crippen LogP contribution in [-0.4, -0.2) is 48.3 Å². The van der Waals surface area contributed by atoms with Gasteiger partial charge in [0.15, 0.2) is 5.82 Å². The minimum atomic E-state index is -5.08. The molecule has 0 radical (unpaired) electrons.